The van der Waals surface area contributed by atoms with E-state index in [1.165, 1.54) is 6.07 Å². The maximum absolute atomic E-state index is 14.7. The Balaban J connectivity index is 1.23. The lowest BCUT2D eigenvalue weighted by Gasteiger charge is -2.42. The molecule has 0 spiro atoms. The maximum atomic E-state index is 14.7. The molecule has 3 heterocycles. The molecule has 1 amide bonds. The largest absolute Gasteiger partial charge is 0.496 e. The second-order valence-corrected chi connectivity index (χ2v) is 10.9. The fraction of sp³-hybridized carbons (Fsp3) is 0.323. The van der Waals surface area contributed by atoms with E-state index in [1.807, 2.05) is 43.6 Å². The molecule has 0 radical (unpaired) electrons. The highest BCUT2D eigenvalue weighted by atomic mass is 19.1. The van der Waals surface area contributed by atoms with Crippen molar-refractivity contribution in [2.45, 2.75) is 38.9 Å². The van der Waals surface area contributed by atoms with Crippen molar-refractivity contribution < 1.29 is 13.9 Å². The van der Waals surface area contributed by atoms with E-state index in [1.54, 1.807) is 23.9 Å². The number of methoxy groups -OCH3 is 1. The number of aryl methyl sites for hydroxylation is 1. The summed E-state index contributed by atoms with van der Waals surface area (Å²) in [6.07, 6.45) is 2.83. The normalized spacial score (nSPS) is 19.8. The number of aromatic amines is 1. The van der Waals surface area contributed by atoms with Crippen LogP contribution in [0.3, 0.4) is 0 Å². The van der Waals surface area contributed by atoms with E-state index < -0.39 is 0 Å². The maximum Gasteiger partial charge on any atom is 0.251 e. The summed E-state index contributed by atoms with van der Waals surface area (Å²) in [7, 11) is 3.46. The monoisotopic (exact) mass is 540 g/mol. The summed E-state index contributed by atoms with van der Waals surface area (Å²) in [4.78, 5) is 15.8. The van der Waals surface area contributed by atoms with Gasteiger partial charge in [0.25, 0.3) is 5.91 Å². The van der Waals surface area contributed by atoms with Gasteiger partial charge in [0.15, 0.2) is 0 Å². The summed E-state index contributed by atoms with van der Waals surface area (Å²) in [5, 5.41) is 17.3. The average Bonchev–Trinajstić information content (AvgIpc) is 3.53. The number of carbonyl (C=O) groups excluding carboxylic acids is 1. The number of nitrogens with zero attached hydrogens (tertiary/aromatic N) is 4. The Morgan fingerprint density at radius 2 is 2.02 bits per heavy atom. The first-order valence-electron chi connectivity index (χ1n) is 13.6. The fourth-order valence-electron chi connectivity index (χ4n) is 5.92. The standard InChI is InChI=1S/C31H33FN6O2/c1-18-12-28(19(2)38(15-18)17-24-25(32)6-5-7-29(24)40-4)33-31(39)21-9-11-27-23(14-21)30(35-34-27)20-8-10-26-22(13-20)16-37(3)36-26/h5-11,13-14,16,18-19,28H,12,15,17H2,1-4H3,(H,33,39)(H,34,35)/t18-,19+,28?/m0/s1. The van der Waals surface area contributed by atoms with Gasteiger partial charge in [-0.2, -0.15) is 10.2 Å². The second kappa shape index (κ2) is 10.4. The summed E-state index contributed by atoms with van der Waals surface area (Å²) in [6.45, 7) is 5.49. The molecule has 3 aromatic carbocycles. The third kappa shape index (κ3) is 4.81. The van der Waals surface area contributed by atoms with Crippen LogP contribution in [0.15, 0.2) is 60.8 Å². The van der Waals surface area contributed by atoms with Crippen molar-refractivity contribution in [1.29, 1.82) is 0 Å². The number of benzene rings is 3. The fourth-order valence-corrected chi connectivity index (χ4v) is 5.92. The molecule has 1 aliphatic rings. The Morgan fingerprint density at radius 3 is 2.85 bits per heavy atom. The van der Waals surface area contributed by atoms with Gasteiger partial charge in [0.1, 0.15) is 11.6 Å². The second-order valence-electron chi connectivity index (χ2n) is 10.9. The van der Waals surface area contributed by atoms with E-state index in [-0.39, 0.29) is 23.8 Å². The van der Waals surface area contributed by atoms with Crippen LogP contribution in [-0.2, 0) is 13.6 Å². The summed E-state index contributed by atoms with van der Waals surface area (Å²) in [5.74, 6) is 0.464. The number of hydrogen-bond acceptors (Lipinski definition) is 5. The molecular weight excluding hydrogens is 507 g/mol. The number of ether oxygens (including phenoxy) is 1. The first-order valence-corrected chi connectivity index (χ1v) is 13.6. The molecule has 0 bridgehead atoms. The van der Waals surface area contributed by atoms with E-state index in [2.05, 4.69) is 45.4 Å². The van der Waals surface area contributed by atoms with Crippen LogP contribution in [-0.4, -0.2) is 56.5 Å². The first-order chi connectivity index (χ1) is 19.3. The number of H-pyrrole nitrogens is 1. The Bertz CT molecular complexity index is 1710. The van der Waals surface area contributed by atoms with E-state index in [0.717, 1.165) is 46.0 Å². The molecule has 3 atom stereocenters. The van der Waals surface area contributed by atoms with E-state index in [0.29, 0.717) is 29.3 Å². The number of fused-ring (bicyclic) bond motifs is 2. The van der Waals surface area contributed by atoms with Gasteiger partial charge < -0.3 is 10.1 Å². The zero-order chi connectivity index (χ0) is 28.0. The number of hydrogen-bond donors (Lipinski definition) is 2. The van der Waals surface area contributed by atoms with Gasteiger partial charge in [-0.15, -0.1) is 0 Å². The predicted octanol–water partition coefficient (Wildman–Crippen LogP) is 5.29. The third-order valence-corrected chi connectivity index (χ3v) is 8.05. The van der Waals surface area contributed by atoms with Gasteiger partial charge >= 0.3 is 0 Å². The smallest absolute Gasteiger partial charge is 0.251 e. The topological polar surface area (TPSA) is 88.1 Å². The number of aromatic nitrogens is 4. The molecule has 2 aromatic heterocycles. The van der Waals surface area contributed by atoms with Gasteiger partial charge in [-0.1, -0.05) is 19.1 Å². The van der Waals surface area contributed by atoms with Crippen LogP contribution in [0.2, 0.25) is 0 Å². The minimum absolute atomic E-state index is 0.0175. The molecule has 8 nitrogen and oxygen atoms in total. The van der Waals surface area contributed by atoms with E-state index in [4.69, 9.17) is 4.74 Å². The molecule has 9 heteroatoms. The molecule has 1 aliphatic heterocycles. The van der Waals surface area contributed by atoms with Crippen LogP contribution >= 0.6 is 0 Å². The van der Waals surface area contributed by atoms with Crippen LogP contribution in [0.5, 0.6) is 5.75 Å². The molecule has 1 fully saturated rings. The van der Waals surface area contributed by atoms with Crippen molar-refractivity contribution in [3.63, 3.8) is 0 Å². The van der Waals surface area contributed by atoms with Crippen LogP contribution in [0.25, 0.3) is 33.1 Å². The van der Waals surface area contributed by atoms with Crippen LogP contribution in [0.1, 0.15) is 36.2 Å². The zero-order valence-electron chi connectivity index (χ0n) is 23.1. The lowest BCUT2D eigenvalue weighted by molar-refractivity contribution is 0.0684. The van der Waals surface area contributed by atoms with Crippen molar-refractivity contribution >= 4 is 27.7 Å². The van der Waals surface area contributed by atoms with Crippen molar-refractivity contribution in [3.8, 4) is 17.0 Å². The number of nitrogens with one attached hydrogen (secondary N) is 2. The molecule has 2 N–H and O–H groups in total. The minimum Gasteiger partial charge on any atom is -0.496 e. The number of piperidine rings is 1. The van der Waals surface area contributed by atoms with E-state index in [9.17, 15) is 9.18 Å². The quantitative estimate of drug-likeness (QED) is 0.306. The van der Waals surface area contributed by atoms with Gasteiger partial charge in [-0.05, 0) is 61.7 Å². The lowest BCUT2D eigenvalue weighted by atomic mass is 9.89. The summed E-state index contributed by atoms with van der Waals surface area (Å²) in [6, 6.07) is 16.5. The van der Waals surface area contributed by atoms with Gasteiger partial charge in [-0.25, -0.2) is 4.39 Å². The van der Waals surface area contributed by atoms with Crippen molar-refractivity contribution in [3.05, 3.63) is 77.7 Å². The highest BCUT2D eigenvalue weighted by Gasteiger charge is 2.33. The number of likely N-dealkylation sites (tertiary alicyclic amines) is 1. The van der Waals surface area contributed by atoms with Gasteiger partial charge in [0.2, 0.25) is 0 Å². The molecule has 0 saturated carbocycles. The Hall–Kier alpha value is -4.24. The van der Waals surface area contributed by atoms with Gasteiger partial charge in [0, 0.05) is 65.9 Å². The zero-order valence-corrected chi connectivity index (χ0v) is 23.1. The molecule has 1 saturated heterocycles. The lowest BCUT2D eigenvalue weighted by Crippen LogP contribution is -2.55. The summed E-state index contributed by atoms with van der Waals surface area (Å²) in [5.41, 5.74) is 4.65. The summed E-state index contributed by atoms with van der Waals surface area (Å²) >= 11 is 0. The Labute approximate surface area is 232 Å². The number of amides is 1. The predicted molar refractivity (Wildman–Crippen MR) is 154 cm³/mol. The molecular formula is C31H33FN6O2. The van der Waals surface area contributed by atoms with Crippen LogP contribution in [0, 0.1) is 11.7 Å². The SMILES string of the molecule is COc1cccc(F)c1CN1C[C@@H](C)CC(NC(=O)c2ccc3[nH]nc(-c4ccc5nn(C)cc5c4)c3c2)[C@H]1C. The van der Waals surface area contributed by atoms with Crippen molar-refractivity contribution in [2.75, 3.05) is 13.7 Å². The molecule has 1 unspecified atom stereocenters. The van der Waals surface area contributed by atoms with Crippen LogP contribution in [0.4, 0.5) is 4.39 Å². The molecule has 206 valence electrons. The third-order valence-electron chi connectivity index (χ3n) is 8.05. The number of rotatable bonds is 6. The van der Waals surface area contributed by atoms with Gasteiger partial charge in [0.05, 0.1) is 23.8 Å². The summed E-state index contributed by atoms with van der Waals surface area (Å²) < 4.78 is 21.9. The first kappa shape index (κ1) is 26.0. The van der Waals surface area contributed by atoms with Crippen molar-refractivity contribution in [2.24, 2.45) is 13.0 Å². The highest BCUT2D eigenvalue weighted by Crippen LogP contribution is 2.31. The van der Waals surface area contributed by atoms with Crippen LogP contribution < -0.4 is 10.1 Å². The average molecular weight is 541 g/mol. The van der Waals surface area contributed by atoms with Crippen molar-refractivity contribution in [1.82, 2.24) is 30.2 Å². The Morgan fingerprint density at radius 1 is 1.18 bits per heavy atom. The minimum atomic E-state index is -0.280. The number of carbonyl (C=O) groups is 1. The number of halogens is 1. The van der Waals surface area contributed by atoms with E-state index >= 15 is 0 Å². The molecule has 0 aliphatic carbocycles. The van der Waals surface area contributed by atoms with Gasteiger partial charge in [-0.3, -0.25) is 19.5 Å². The highest BCUT2D eigenvalue weighted by molar-refractivity contribution is 6.02. The molecule has 5 aromatic rings. The molecule has 6 rings (SSSR count). The Kier molecular flexibility index (Phi) is 6.75. The molecule has 40 heavy (non-hydrogen) atoms.